The number of allylic oxidation sites excluding steroid dienone is 8. The van der Waals surface area contributed by atoms with Gasteiger partial charge in [0.1, 0.15) is 0 Å². The summed E-state index contributed by atoms with van der Waals surface area (Å²) < 4.78 is 0. The first-order chi connectivity index (χ1) is 18.8. The molecule has 0 saturated carbocycles. The van der Waals surface area contributed by atoms with Crippen molar-refractivity contribution in [2.24, 2.45) is 0 Å². The molecule has 0 rings (SSSR count). The molecule has 0 unspecified atom stereocenters. The van der Waals surface area contributed by atoms with E-state index in [-0.39, 0.29) is 0 Å². The molecule has 0 bridgehead atoms. The maximum Gasteiger partial charge on any atom is 0.00168 e. The zero-order valence-electron chi connectivity index (χ0n) is 26.0. The predicted molar refractivity (Wildman–Crippen MR) is 181 cm³/mol. The van der Waals surface area contributed by atoms with Crippen LogP contribution >= 0.6 is 12.6 Å². The number of rotatable bonds is 30. The van der Waals surface area contributed by atoms with Gasteiger partial charge in [-0.2, -0.15) is 12.6 Å². The zero-order chi connectivity index (χ0) is 27.6. The maximum absolute atomic E-state index is 4.86. The van der Waals surface area contributed by atoms with Gasteiger partial charge in [0.2, 0.25) is 0 Å². The second-order valence-electron chi connectivity index (χ2n) is 11.4. The number of unbranched alkanes of at least 4 members (excludes halogenated alkanes) is 18. The monoisotopic (exact) mass is 545 g/mol. The Hall–Kier alpha value is -0.690. The molecule has 0 atom stereocenters. The highest BCUT2D eigenvalue weighted by Crippen LogP contribution is 2.18. The van der Waals surface area contributed by atoms with E-state index in [1.54, 1.807) is 0 Å². The van der Waals surface area contributed by atoms with Gasteiger partial charge in [-0.1, -0.05) is 152 Å². The van der Waals surface area contributed by atoms with Gasteiger partial charge in [-0.25, -0.2) is 0 Å². The molecule has 0 fully saturated rings. The van der Waals surface area contributed by atoms with Crippen molar-refractivity contribution >= 4 is 12.6 Å². The molecule has 0 amide bonds. The van der Waals surface area contributed by atoms with E-state index in [4.69, 9.17) is 12.6 Å². The number of hydrogen-bond acceptors (Lipinski definition) is 1. The van der Waals surface area contributed by atoms with Crippen LogP contribution in [-0.2, 0) is 0 Å². The van der Waals surface area contributed by atoms with Gasteiger partial charge in [0.15, 0.2) is 0 Å². The van der Waals surface area contributed by atoms with E-state index in [1.165, 1.54) is 154 Å². The van der Waals surface area contributed by atoms with E-state index < -0.39 is 0 Å². The molecule has 0 aliphatic rings. The summed E-state index contributed by atoms with van der Waals surface area (Å²) in [5, 5.41) is 0.631. The fraction of sp³-hybridized carbons (Fsp3) is 0.784. The van der Waals surface area contributed by atoms with Gasteiger partial charge in [-0.05, 0) is 77.0 Å². The molecule has 0 aliphatic heterocycles. The topological polar surface area (TPSA) is 0 Å². The van der Waals surface area contributed by atoms with Crippen LogP contribution in [-0.4, -0.2) is 5.25 Å². The lowest BCUT2D eigenvalue weighted by Crippen LogP contribution is -1.98. The molecular weight excluding hydrogens is 476 g/mol. The first-order valence-electron chi connectivity index (χ1n) is 17.1. The van der Waals surface area contributed by atoms with E-state index in [1.807, 2.05) is 0 Å². The number of hydrogen-bond donors (Lipinski definition) is 1. The molecule has 0 aromatic heterocycles. The average Bonchev–Trinajstić information content (AvgIpc) is 2.92. The molecule has 1 heteroatoms. The highest BCUT2D eigenvalue weighted by atomic mass is 32.1. The first-order valence-corrected chi connectivity index (χ1v) is 17.6. The van der Waals surface area contributed by atoms with Crippen molar-refractivity contribution in [3.8, 4) is 0 Å². The summed E-state index contributed by atoms with van der Waals surface area (Å²) in [5.74, 6) is 0. The van der Waals surface area contributed by atoms with E-state index in [0.717, 1.165) is 12.8 Å². The molecule has 0 heterocycles. The molecule has 0 saturated heterocycles. The fourth-order valence-electron chi connectivity index (χ4n) is 4.88. The van der Waals surface area contributed by atoms with Crippen LogP contribution in [0.2, 0.25) is 0 Å². The fourth-order valence-corrected chi connectivity index (χ4v) is 5.25. The summed E-state index contributed by atoms with van der Waals surface area (Å²) in [6.07, 6.45) is 53.5. The van der Waals surface area contributed by atoms with Crippen LogP contribution in [0.3, 0.4) is 0 Å². The first kappa shape index (κ1) is 37.3. The molecule has 0 nitrogen and oxygen atoms in total. The van der Waals surface area contributed by atoms with E-state index >= 15 is 0 Å². The lowest BCUT2D eigenvalue weighted by molar-refractivity contribution is 0.539. The van der Waals surface area contributed by atoms with Crippen molar-refractivity contribution in [1.29, 1.82) is 0 Å². The lowest BCUT2D eigenvalue weighted by atomic mass is 10.0. The Morgan fingerprint density at radius 3 is 1.00 bits per heavy atom. The summed E-state index contributed by atoms with van der Waals surface area (Å²) in [7, 11) is 0. The van der Waals surface area contributed by atoms with E-state index in [2.05, 4.69) is 62.5 Å². The summed E-state index contributed by atoms with van der Waals surface area (Å²) in [5.41, 5.74) is 0. The summed E-state index contributed by atoms with van der Waals surface area (Å²) >= 11 is 4.86. The largest absolute Gasteiger partial charge is 0.176 e. The summed E-state index contributed by atoms with van der Waals surface area (Å²) in [4.78, 5) is 0. The Bertz CT molecular complexity index is 493. The quantitative estimate of drug-likeness (QED) is 0.0519. The zero-order valence-corrected chi connectivity index (χ0v) is 26.9. The lowest BCUT2D eigenvalue weighted by Gasteiger charge is -2.10. The Kier molecular flexibility index (Phi) is 33.7. The molecule has 0 aliphatic carbocycles. The second kappa shape index (κ2) is 34.3. The maximum atomic E-state index is 4.86. The van der Waals surface area contributed by atoms with Gasteiger partial charge in [0, 0.05) is 5.25 Å². The van der Waals surface area contributed by atoms with Gasteiger partial charge in [-0.15, -0.1) is 0 Å². The SMILES string of the molecule is CCCCCC=CCC=CCCCCCCCCC(S)CCCCCCCCC=CCC=CCCCCC. The van der Waals surface area contributed by atoms with Crippen molar-refractivity contribution in [3.63, 3.8) is 0 Å². The Balaban J connectivity index is 3.29. The standard InChI is InChI=1S/C37H68S/c1-3-5-7-9-11-13-15-17-19-21-23-25-27-29-31-33-35-37(38)36-34-32-30-28-26-24-22-20-18-16-14-12-10-8-6-4-2/h11-14,17-20,37-38H,3-10,15-16,21-36H2,1-2H3. The van der Waals surface area contributed by atoms with Crippen LogP contribution in [0.25, 0.3) is 0 Å². The molecule has 38 heavy (non-hydrogen) atoms. The van der Waals surface area contributed by atoms with Crippen LogP contribution in [0.1, 0.15) is 181 Å². The molecule has 0 aromatic carbocycles. The normalized spacial score (nSPS) is 13.2. The second-order valence-corrected chi connectivity index (χ2v) is 12.1. The molecule has 0 radical (unpaired) electrons. The minimum absolute atomic E-state index is 0.631. The minimum Gasteiger partial charge on any atom is -0.176 e. The van der Waals surface area contributed by atoms with Crippen LogP contribution < -0.4 is 0 Å². The minimum atomic E-state index is 0.631. The van der Waals surface area contributed by atoms with Crippen molar-refractivity contribution in [1.82, 2.24) is 0 Å². The molecule has 0 aromatic rings. The van der Waals surface area contributed by atoms with Crippen LogP contribution in [0, 0.1) is 0 Å². The van der Waals surface area contributed by atoms with Crippen molar-refractivity contribution in [2.45, 2.75) is 186 Å². The van der Waals surface area contributed by atoms with Crippen LogP contribution in [0.15, 0.2) is 48.6 Å². The Morgan fingerprint density at radius 2 is 0.658 bits per heavy atom. The highest BCUT2D eigenvalue weighted by molar-refractivity contribution is 7.80. The summed E-state index contributed by atoms with van der Waals surface area (Å²) in [6, 6.07) is 0. The van der Waals surface area contributed by atoms with E-state index in [0.29, 0.717) is 5.25 Å². The average molecular weight is 545 g/mol. The summed E-state index contributed by atoms with van der Waals surface area (Å²) in [6.45, 7) is 4.54. The van der Waals surface area contributed by atoms with Crippen LogP contribution in [0.5, 0.6) is 0 Å². The van der Waals surface area contributed by atoms with Gasteiger partial charge in [-0.3, -0.25) is 0 Å². The van der Waals surface area contributed by atoms with Gasteiger partial charge in [0.25, 0.3) is 0 Å². The molecule has 222 valence electrons. The van der Waals surface area contributed by atoms with Crippen LogP contribution in [0.4, 0.5) is 0 Å². The highest BCUT2D eigenvalue weighted by Gasteiger charge is 2.03. The molecule has 0 spiro atoms. The smallest absolute Gasteiger partial charge is 0.00168 e. The Labute approximate surface area is 246 Å². The Morgan fingerprint density at radius 1 is 0.368 bits per heavy atom. The van der Waals surface area contributed by atoms with Gasteiger partial charge in [0.05, 0.1) is 0 Å². The predicted octanol–water partition coefficient (Wildman–Crippen LogP) is 13.7. The van der Waals surface area contributed by atoms with Crippen molar-refractivity contribution in [3.05, 3.63) is 48.6 Å². The number of thiol groups is 1. The third-order valence-corrected chi connectivity index (χ3v) is 7.99. The third-order valence-electron chi connectivity index (χ3n) is 7.48. The van der Waals surface area contributed by atoms with Crippen molar-refractivity contribution < 1.29 is 0 Å². The van der Waals surface area contributed by atoms with Crippen molar-refractivity contribution in [2.75, 3.05) is 0 Å². The third kappa shape index (κ3) is 33.3. The molecular formula is C37H68S. The van der Waals surface area contributed by atoms with Gasteiger partial charge < -0.3 is 0 Å². The molecule has 0 N–H and O–H groups in total. The van der Waals surface area contributed by atoms with Gasteiger partial charge >= 0.3 is 0 Å². The van der Waals surface area contributed by atoms with E-state index in [9.17, 15) is 0 Å².